The van der Waals surface area contributed by atoms with Gasteiger partial charge < -0.3 is 15.6 Å². The molecule has 0 radical (unpaired) electrons. The molecule has 2 heterocycles. The summed E-state index contributed by atoms with van der Waals surface area (Å²) in [5, 5.41) is 6.35. The van der Waals surface area contributed by atoms with E-state index < -0.39 is 0 Å². The Kier molecular flexibility index (Phi) is 5.26. The van der Waals surface area contributed by atoms with Crippen molar-refractivity contribution in [3.05, 3.63) is 95.2 Å². The number of aryl methyl sites for hydroxylation is 1. The van der Waals surface area contributed by atoms with E-state index in [0.717, 1.165) is 16.6 Å². The van der Waals surface area contributed by atoms with Crippen LogP contribution in [0.1, 0.15) is 32.1 Å². The minimum absolute atomic E-state index is 0.270. The zero-order valence-corrected chi connectivity index (χ0v) is 16.2. The Labute approximate surface area is 172 Å². The van der Waals surface area contributed by atoms with E-state index in [-0.39, 0.29) is 17.6 Å². The second kappa shape index (κ2) is 8.16. The van der Waals surface area contributed by atoms with Crippen molar-refractivity contribution in [2.24, 2.45) is 0 Å². The first-order valence-electron chi connectivity index (χ1n) is 9.38. The van der Waals surface area contributed by atoms with E-state index in [1.54, 1.807) is 43.5 Å². The molecule has 0 spiro atoms. The third-order valence-corrected chi connectivity index (χ3v) is 4.69. The summed E-state index contributed by atoms with van der Waals surface area (Å²) in [6.07, 6.45) is 1.66. The second-order valence-corrected chi connectivity index (χ2v) is 6.91. The molecule has 0 saturated heterocycles. The lowest BCUT2D eigenvalue weighted by Crippen LogP contribution is -2.23. The third kappa shape index (κ3) is 4.20. The van der Waals surface area contributed by atoms with Crippen LogP contribution in [0.5, 0.6) is 0 Å². The summed E-state index contributed by atoms with van der Waals surface area (Å²) in [6.45, 7) is 2.09. The highest BCUT2D eigenvalue weighted by Gasteiger charge is 2.13. The van der Waals surface area contributed by atoms with Crippen molar-refractivity contribution >= 4 is 28.4 Å². The predicted molar refractivity (Wildman–Crippen MR) is 113 cm³/mol. The van der Waals surface area contributed by atoms with Crippen LogP contribution in [-0.2, 0) is 6.54 Å². The molecule has 6 nitrogen and oxygen atoms in total. The highest BCUT2D eigenvalue weighted by atomic mass is 19.1. The van der Waals surface area contributed by atoms with Crippen LogP contribution in [0.25, 0.3) is 10.9 Å². The Bertz CT molecular complexity index is 1230. The number of hydrogen-bond acceptors (Lipinski definition) is 3. The number of carbonyl (C=O) groups is 2. The average Bonchev–Trinajstić information content (AvgIpc) is 3.17. The van der Waals surface area contributed by atoms with Gasteiger partial charge in [0.15, 0.2) is 0 Å². The van der Waals surface area contributed by atoms with E-state index in [4.69, 9.17) is 0 Å². The van der Waals surface area contributed by atoms with E-state index in [9.17, 15) is 14.0 Å². The fourth-order valence-electron chi connectivity index (χ4n) is 3.21. The maximum Gasteiger partial charge on any atom is 0.272 e. The Morgan fingerprint density at radius 3 is 2.70 bits per heavy atom. The fraction of sp³-hybridized carbons (Fsp3) is 0.0870. The molecule has 150 valence electrons. The molecule has 0 atom stereocenters. The van der Waals surface area contributed by atoms with E-state index in [1.165, 1.54) is 12.1 Å². The molecule has 0 fully saturated rings. The molecular weight excluding hydrogens is 383 g/mol. The van der Waals surface area contributed by atoms with Gasteiger partial charge in [-0.05, 0) is 61.0 Å². The Morgan fingerprint density at radius 1 is 1.03 bits per heavy atom. The molecule has 4 rings (SSSR count). The number of nitrogens with zero attached hydrogens (tertiary/aromatic N) is 1. The topological polar surface area (TPSA) is 86.9 Å². The number of nitrogens with one attached hydrogen (secondary N) is 3. The lowest BCUT2D eigenvalue weighted by atomic mass is 10.1. The van der Waals surface area contributed by atoms with E-state index >= 15 is 0 Å². The number of halogens is 1. The summed E-state index contributed by atoms with van der Waals surface area (Å²) >= 11 is 0. The van der Waals surface area contributed by atoms with Crippen LogP contribution in [0, 0.1) is 12.7 Å². The zero-order chi connectivity index (χ0) is 21.1. The summed E-state index contributed by atoms with van der Waals surface area (Å²) in [5.74, 6) is -1.01. The molecular formula is C23H19FN4O2. The number of rotatable bonds is 5. The summed E-state index contributed by atoms with van der Waals surface area (Å²) in [7, 11) is 0. The molecule has 0 saturated carbocycles. The molecule has 0 aliphatic carbocycles. The lowest BCUT2D eigenvalue weighted by molar-refractivity contribution is 0.0949. The highest BCUT2D eigenvalue weighted by molar-refractivity contribution is 6.07. The number of H-pyrrole nitrogens is 1. The van der Waals surface area contributed by atoms with Crippen molar-refractivity contribution < 1.29 is 14.0 Å². The van der Waals surface area contributed by atoms with Gasteiger partial charge in [0.05, 0.1) is 12.2 Å². The standard InChI is InChI=1S/C23H19FN4O2/c1-14-9-16(24)11-20-19(14)12-21(28-20)23(30)27-17-7-4-5-15(10-17)22(29)26-13-18-6-2-3-8-25-18/h2-12,28H,13H2,1H3,(H,26,29)(H,27,30). The van der Waals surface area contributed by atoms with Gasteiger partial charge in [-0.2, -0.15) is 0 Å². The van der Waals surface area contributed by atoms with E-state index in [0.29, 0.717) is 29.0 Å². The molecule has 0 unspecified atom stereocenters. The molecule has 2 aromatic carbocycles. The van der Waals surface area contributed by atoms with Gasteiger partial charge in [0.1, 0.15) is 11.5 Å². The van der Waals surface area contributed by atoms with Crippen molar-refractivity contribution in [2.45, 2.75) is 13.5 Å². The second-order valence-electron chi connectivity index (χ2n) is 6.91. The molecule has 3 N–H and O–H groups in total. The number of amides is 2. The summed E-state index contributed by atoms with van der Waals surface area (Å²) in [6, 6.07) is 16.6. The molecule has 0 aliphatic rings. The van der Waals surface area contributed by atoms with Crippen LogP contribution in [-0.4, -0.2) is 21.8 Å². The molecule has 30 heavy (non-hydrogen) atoms. The quantitative estimate of drug-likeness (QED) is 0.468. The SMILES string of the molecule is Cc1cc(F)cc2[nH]c(C(=O)Nc3cccc(C(=O)NCc4ccccn4)c3)cc12. The average molecular weight is 402 g/mol. The van der Waals surface area contributed by atoms with Gasteiger partial charge in [-0.25, -0.2) is 4.39 Å². The van der Waals surface area contributed by atoms with Crippen LogP contribution in [0.4, 0.5) is 10.1 Å². The van der Waals surface area contributed by atoms with Crippen LogP contribution >= 0.6 is 0 Å². The maximum atomic E-state index is 13.6. The highest BCUT2D eigenvalue weighted by Crippen LogP contribution is 2.22. The predicted octanol–water partition coefficient (Wildman–Crippen LogP) is 4.19. The normalized spacial score (nSPS) is 10.7. The minimum Gasteiger partial charge on any atom is -0.350 e. The van der Waals surface area contributed by atoms with E-state index in [1.807, 2.05) is 18.2 Å². The molecule has 0 aliphatic heterocycles. The van der Waals surface area contributed by atoms with Crippen molar-refractivity contribution in [3.8, 4) is 0 Å². The van der Waals surface area contributed by atoms with Gasteiger partial charge in [-0.15, -0.1) is 0 Å². The number of pyridine rings is 1. The van der Waals surface area contributed by atoms with Gasteiger partial charge in [0.25, 0.3) is 11.8 Å². The maximum absolute atomic E-state index is 13.6. The molecule has 4 aromatic rings. The van der Waals surface area contributed by atoms with Crippen LogP contribution in [0.15, 0.2) is 66.9 Å². The number of aromatic nitrogens is 2. The van der Waals surface area contributed by atoms with Gasteiger partial charge in [0.2, 0.25) is 0 Å². The van der Waals surface area contributed by atoms with Crippen molar-refractivity contribution in [2.75, 3.05) is 5.32 Å². The number of carbonyl (C=O) groups excluding carboxylic acids is 2. The third-order valence-electron chi connectivity index (χ3n) is 4.69. The first-order chi connectivity index (χ1) is 14.5. The van der Waals surface area contributed by atoms with Gasteiger partial charge in [-0.3, -0.25) is 14.6 Å². The van der Waals surface area contributed by atoms with Crippen molar-refractivity contribution in [3.63, 3.8) is 0 Å². The van der Waals surface area contributed by atoms with Gasteiger partial charge in [-0.1, -0.05) is 12.1 Å². The van der Waals surface area contributed by atoms with Crippen LogP contribution in [0.3, 0.4) is 0 Å². The van der Waals surface area contributed by atoms with Crippen molar-refractivity contribution in [1.82, 2.24) is 15.3 Å². The first kappa shape index (κ1) is 19.3. The van der Waals surface area contributed by atoms with Gasteiger partial charge in [0, 0.05) is 28.4 Å². The number of hydrogen-bond donors (Lipinski definition) is 3. The molecule has 7 heteroatoms. The number of fused-ring (bicyclic) bond motifs is 1. The lowest BCUT2D eigenvalue weighted by Gasteiger charge is -2.08. The number of aromatic amines is 1. The van der Waals surface area contributed by atoms with Crippen molar-refractivity contribution in [1.29, 1.82) is 0 Å². The summed E-state index contributed by atoms with van der Waals surface area (Å²) < 4.78 is 13.6. The monoisotopic (exact) mass is 402 g/mol. The van der Waals surface area contributed by atoms with Crippen LogP contribution < -0.4 is 10.6 Å². The zero-order valence-electron chi connectivity index (χ0n) is 16.2. The minimum atomic E-state index is -0.378. The van der Waals surface area contributed by atoms with E-state index in [2.05, 4.69) is 20.6 Å². The fourth-order valence-corrected chi connectivity index (χ4v) is 3.21. The Hall–Kier alpha value is -4.00. The van der Waals surface area contributed by atoms with Crippen LogP contribution in [0.2, 0.25) is 0 Å². The number of benzene rings is 2. The smallest absolute Gasteiger partial charge is 0.272 e. The van der Waals surface area contributed by atoms with Gasteiger partial charge >= 0.3 is 0 Å². The summed E-state index contributed by atoms with van der Waals surface area (Å²) in [4.78, 5) is 32.1. The number of anilines is 1. The molecule has 2 amide bonds. The molecule has 0 bridgehead atoms. The first-order valence-corrected chi connectivity index (χ1v) is 9.38. The Balaban J connectivity index is 1.47. The summed E-state index contributed by atoms with van der Waals surface area (Å²) in [5.41, 5.74) is 3.25. The largest absolute Gasteiger partial charge is 0.350 e. The molecule has 2 aromatic heterocycles. The Morgan fingerprint density at radius 2 is 1.90 bits per heavy atom.